The molecule has 0 saturated heterocycles. The topological polar surface area (TPSA) is 63.1 Å². The molecule has 0 atom stereocenters. The van der Waals surface area contributed by atoms with Crippen molar-refractivity contribution in [3.05, 3.63) is 45.1 Å². The second-order valence-corrected chi connectivity index (χ2v) is 4.44. The highest BCUT2D eigenvalue weighted by Crippen LogP contribution is 2.16. The number of hydrogen-bond acceptors (Lipinski definition) is 4. The van der Waals surface area contributed by atoms with Gasteiger partial charge in [-0.25, -0.2) is 14.8 Å². The molecule has 0 saturated carbocycles. The molecule has 0 amide bonds. The second kappa shape index (κ2) is 4.59. The summed E-state index contributed by atoms with van der Waals surface area (Å²) in [5, 5.41) is 10.7. The average Bonchev–Trinajstić information content (AvgIpc) is 2.70. The third-order valence-electron chi connectivity index (χ3n) is 1.93. The van der Waals surface area contributed by atoms with Crippen LogP contribution in [0.25, 0.3) is 0 Å². The van der Waals surface area contributed by atoms with Crippen molar-refractivity contribution in [3.63, 3.8) is 0 Å². The number of aromatic nitrogens is 2. The van der Waals surface area contributed by atoms with Crippen LogP contribution in [-0.4, -0.2) is 21.0 Å². The molecule has 2 heterocycles. The first-order chi connectivity index (χ1) is 7.66. The smallest absolute Gasteiger partial charge is 0.340 e. The molecule has 0 spiro atoms. The van der Waals surface area contributed by atoms with Crippen LogP contribution in [0.5, 0.6) is 0 Å². The van der Waals surface area contributed by atoms with Gasteiger partial charge in [-0.3, -0.25) is 0 Å². The molecule has 2 aromatic rings. The fourth-order valence-electron chi connectivity index (χ4n) is 1.19. The maximum absolute atomic E-state index is 10.7. The van der Waals surface area contributed by atoms with Gasteiger partial charge in [0.1, 0.15) is 16.5 Å². The van der Waals surface area contributed by atoms with Crippen molar-refractivity contribution < 1.29 is 9.90 Å². The molecule has 16 heavy (non-hydrogen) atoms. The maximum Gasteiger partial charge on any atom is 0.340 e. The summed E-state index contributed by atoms with van der Waals surface area (Å²) in [6, 6.07) is 3.90. The predicted octanol–water partition coefficient (Wildman–Crippen LogP) is 2.48. The molecular weight excluding hydrogens is 248 g/mol. The predicted molar refractivity (Wildman–Crippen MR) is 61.1 cm³/mol. The number of carbonyl (C=O) groups is 1. The van der Waals surface area contributed by atoms with E-state index >= 15 is 0 Å². The Bertz CT molecular complexity index is 514. The summed E-state index contributed by atoms with van der Waals surface area (Å²) in [5.41, 5.74) is -0.0726. The zero-order valence-electron chi connectivity index (χ0n) is 8.05. The van der Waals surface area contributed by atoms with Gasteiger partial charge in [-0.15, -0.1) is 11.3 Å². The van der Waals surface area contributed by atoms with Crippen LogP contribution in [0.15, 0.2) is 23.7 Å². The Labute approximate surface area is 101 Å². The molecule has 0 aliphatic carbocycles. The van der Waals surface area contributed by atoms with Gasteiger partial charge < -0.3 is 5.11 Å². The Kier molecular flexibility index (Phi) is 3.17. The lowest BCUT2D eigenvalue weighted by Crippen LogP contribution is -2.04. The molecule has 0 aliphatic heterocycles. The van der Waals surface area contributed by atoms with Crippen LogP contribution < -0.4 is 0 Å². The van der Waals surface area contributed by atoms with Gasteiger partial charge in [0.25, 0.3) is 0 Å². The van der Waals surface area contributed by atoms with E-state index in [0.29, 0.717) is 12.2 Å². The Morgan fingerprint density at radius 2 is 2.38 bits per heavy atom. The molecule has 2 aromatic heterocycles. The highest BCUT2D eigenvalue weighted by Gasteiger charge is 2.11. The highest BCUT2D eigenvalue weighted by atomic mass is 35.5. The van der Waals surface area contributed by atoms with Gasteiger partial charge in [-0.1, -0.05) is 17.7 Å². The SMILES string of the molecule is O=C(O)c1cnc(Cc2cccs2)nc1Cl. The van der Waals surface area contributed by atoms with Crippen LogP contribution in [0.1, 0.15) is 21.1 Å². The third kappa shape index (κ3) is 2.37. The van der Waals surface area contributed by atoms with Gasteiger partial charge in [0.05, 0.1) is 0 Å². The van der Waals surface area contributed by atoms with E-state index in [1.807, 2.05) is 17.5 Å². The number of carboxylic acid groups (broad SMARTS) is 1. The van der Waals surface area contributed by atoms with Gasteiger partial charge in [0, 0.05) is 17.5 Å². The molecular formula is C10H7ClN2O2S. The monoisotopic (exact) mass is 254 g/mol. The van der Waals surface area contributed by atoms with E-state index in [-0.39, 0.29) is 10.7 Å². The highest BCUT2D eigenvalue weighted by molar-refractivity contribution is 7.09. The van der Waals surface area contributed by atoms with Gasteiger partial charge in [0.2, 0.25) is 0 Å². The molecule has 6 heteroatoms. The standard InChI is InChI=1S/C10H7ClN2O2S/c11-9-7(10(14)15)5-12-8(13-9)4-6-2-1-3-16-6/h1-3,5H,4H2,(H,14,15). The van der Waals surface area contributed by atoms with Crippen LogP contribution in [0.3, 0.4) is 0 Å². The molecule has 4 nitrogen and oxygen atoms in total. The van der Waals surface area contributed by atoms with Gasteiger partial charge >= 0.3 is 5.97 Å². The van der Waals surface area contributed by atoms with Crippen molar-refractivity contribution in [1.29, 1.82) is 0 Å². The fraction of sp³-hybridized carbons (Fsp3) is 0.100. The number of nitrogens with zero attached hydrogens (tertiary/aromatic N) is 2. The van der Waals surface area contributed by atoms with Gasteiger partial charge in [0.15, 0.2) is 0 Å². The lowest BCUT2D eigenvalue weighted by Gasteiger charge is -2.00. The van der Waals surface area contributed by atoms with Gasteiger partial charge in [-0.2, -0.15) is 0 Å². The van der Waals surface area contributed by atoms with Crippen LogP contribution in [0, 0.1) is 0 Å². The Balaban J connectivity index is 2.24. The van der Waals surface area contributed by atoms with Crippen LogP contribution in [0.4, 0.5) is 0 Å². The Morgan fingerprint density at radius 3 is 2.94 bits per heavy atom. The molecule has 0 radical (unpaired) electrons. The van der Waals surface area contributed by atoms with E-state index in [9.17, 15) is 4.79 Å². The quantitative estimate of drug-likeness (QED) is 0.855. The van der Waals surface area contributed by atoms with Crippen LogP contribution >= 0.6 is 22.9 Å². The normalized spacial score (nSPS) is 10.3. The third-order valence-corrected chi connectivity index (χ3v) is 3.10. The Morgan fingerprint density at radius 1 is 1.56 bits per heavy atom. The van der Waals surface area contributed by atoms with E-state index in [4.69, 9.17) is 16.7 Å². The minimum Gasteiger partial charge on any atom is -0.478 e. The summed E-state index contributed by atoms with van der Waals surface area (Å²) >= 11 is 7.33. The van der Waals surface area contributed by atoms with Gasteiger partial charge in [-0.05, 0) is 11.4 Å². The molecule has 0 unspecified atom stereocenters. The average molecular weight is 255 g/mol. The lowest BCUT2D eigenvalue weighted by molar-refractivity contribution is 0.0696. The van der Waals surface area contributed by atoms with Crippen molar-refractivity contribution in [1.82, 2.24) is 9.97 Å². The summed E-state index contributed by atoms with van der Waals surface area (Å²) < 4.78 is 0. The summed E-state index contributed by atoms with van der Waals surface area (Å²) in [5.74, 6) is -0.592. The molecule has 0 bridgehead atoms. The molecule has 82 valence electrons. The fourth-order valence-corrected chi connectivity index (χ4v) is 2.12. The van der Waals surface area contributed by atoms with Crippen molar-refractivity contribution in [3.8, 4) is 0 Å². The second-order valence-electron chi connectivity index (χ2n) is 3.05. The summed E-state index contributed by atoms with van der Waals surface area (Å²) in [4.78, 5) is 19.7. The molecule has 1 N–H and O–H groups in total. The van der Waals surface area contributed by atoms with E-state index in [2.05, 4.69) is 9.97 Å². The van der Waals surface area contributed by atoms with Crippen LogP contribution in [-0.2, 0) is 6.42 Å². The first-order valence-corrected chi connectivity index (χ1v) is 5.69. The number of halogens is 1. The molecule has 0 aliphatic rings. The van der Waals surface area contributed by atoms with E-state index in [0.717, 1.165) is 4.88 Å². The minimum atomic E-state index is -1.12. The molecule has 2 rings (SSSR count). The van der Waals surface area contributed by atoms with Crippen LogP contribution in [0.2, 0.25) is 5.15 Å². The zero-order valence-corrected chi connectivity index (χ0v) is 9.63. The first kappa shape index (κ1) is 11.0. The van der Waals surface area contributed by atoms with Crippen molar-refractivity contribution >= 4 is 28.9 Å². The number of rotatable bonds is 3. The molecule has 0 aromatic carbocycles. The largest absolute Gasteiger partial charge is 0.478 e. The zero-order chi connectivity index (χ0) is 11.5. The number of thiophene rings is 1. The molecule has 0 fully saturated rings. The Hall–Kier alpha value is -1.46. The van der Waals surface area contributed by atoms with Crippen molar-refractivity contribution in [2.75, 3.05) is 0 Å². The maximum atomic E-state index is 10.7. The van der Waals surface area contributed by atoms with E-state index < -0.39 is 5.97 Å². The summed E-state index contributed by atoms with van der Waals surface area (Å²) in [6.07, 6.45) is 1.80. The van der Waals surface area contributed by atoms with Crippen molar-refractivity contribution in [2.45, 2.75) is 6.42 Å². The number of carboxylic acids is 1. The van der Waals surface area contributed by atoms with Crippen molar-refractivity contribution in [2.24, 2.45) is 0 Å². The summed E-state index contributed by atoms with van der Waals surface area (Å²) in [6.45, 7) is 0. The minimum absolute atomic E-state index is 0.0194. The van der Waals surface area contributed by atoms with E-state index in [1.165, 1.54) is 6.20 Å². The number of aromatic carboxylic acids is 1. The van der Waals surface area contributed by atoms with E-state index in [1.54, 1.807) is 11.3 Å². The summed E-state index contributed by atoms with van der Waals surface area (Å²) in [7, 11) is 0. The number of hydrogen-bond donors (Lipinski definition) is 1. The first-order valence-electron chi connectivity index (χ1n) is 4.44. The lowest BCUT2D eigenvalue weighted by atomic mass is 10.3.